The Morgan fingerprint density at radius 3 is 2.50 bits per heavy atom. The van der Waals surface area contributed by atoms with Gasteiger partial charge in [-0.3, -0.25) is 9.59 Å². The number of methoxy groups -OCH3 is 1. The van der Waals surface area contributed by atoms with Crippen LogP contribution in [-0.2, 0) is 23.8 Å². The van der Waals surface area contributed by atoms with Crippen molar-refractivity contribution in [3.8, 4) is 0 Å². The molecule has 0 spiro atoms. The molecule has 1 saturated carbocycles. The zero-order valence-electron chi connectivity index (χ0n) is 20.6. The third kappa shape index (κ3) is 8.83. The molecule has 0 N–H and O–H groups in total. The minimum absolute atomic E-state index is 0.142. The van der Waals surface area contributed by atoms with E-state index in [2.05, 4.69) is 26.0 Å². The molecule has 0 bridgehead atoms. The molecule has 0 radical (unpaired) electrons. The monoisotopic (exact) mass is 468 g/mol. The van der Waals surface area contributed by atoms with Crippen molar-refractivity contribution in [1.82, 2.24) is 0 Å². The molecule has 1 saturated heterocycles. The maximum atomic E-state index is 11.9. The summed E-state index contributed by atoms with van der Waals surface area (Å²) in [5, 5.41) is 0.603. The minimum atomic E-state index is -0.416. The van der Waals surface area contributed by atoms with Gasteiger partial charge in [0.05, 0.1) is 20.3 Å². The molecule has 32 heavy (non-hydrogen) atoms. The van der Waals surface area contributed by atoms with Gasteiger partial charge in [-0.25, -0.2) is 0 Å². The number of carbonyl (C=O) groups is 2. The molecule has 0 aromatic rings. The first-order chi connectivity index (χ1) is 15.4. The van der Waals surface area contributed by atoms with Crippen LogP contribution in [0.1, 0.15) is 91.4 Å². The van der Waals surface area contributed by atoms with Crippen LogP contribution in [0.3, 0.4) is 0 Å². The molecule has 2 aliphatic rings. The summed E-state index contributed by atoms with van der Waals surface area (Å²) in [5.41, 5.74) is 0. The van der Waals surface area contributed by atoms with Gasteiger partial charge in [0, 0.05) is 31.4 Å². The van der Waals surface area contributed by atoms with Gasteiger partial charge in [-0.15, -0.1) is 0 Å². The van der Waals surface area contributed by atoms with Crippen LogP contribution in [0.4, 0.5) is 0 Å². The van der Waals surface area contributed by atoms with Gasteiger partial charge < -0.3 is 14.2 Å². The number of hydrogen-bond donors (Lipinski definition) is 0. The highest BCUT2D eigenvalue weighted by Gasteiger charge is 2.44. The molecule has 0 aromatic heterocycles. The number of thioether (sulfide) groups is 1. The molecule has 2 fully saturated rings. The molecule has 2 rings (SSSR count). The molecule has 0 amide bonds. The Labute approximate surface area is 199 Å². The molecule has 1 aliphatic carbocycles. The number of unbranched alkanes of at least 4 members (excludes halogenated alkanes) is 3. The lowest BCUT2D eigenvalue weighted by atomic mass is 9.83. The highest BCUT2D eigenvalue weighted by Crippen LogP contribution is 2.48. The first kappa shape index (κ1) is 27.4. The van der Waals surface area contributed by atoms with Gasteiger partial charge >= 0.3 is 5.97 Å². The largest absolute Gasteiger partial charge is 0.469 e. The maximum absolute atomic E-state index is 11.9. The number of rotatable bonds is 14. The summed E-state index contributed by atoms with van der Waals surface area (Å²) in [4.78, 5) is 23.2. The molecule has 0 aromatic carbocycles. The van der Waals surface area contributed by atoms with Crippen LogP contribution >= 0.6 is 11.8 Å². The Bertz CT molecular complexity index is 599. The van der Waals surface area contributed by atoms with Crippen molar-refractivity contribution in [2.45, 2.75) is 102 Å². The Hall–Kier alpha value is -0.850. The first-order valence-electron chi connectivity index (χ1n) is 12.6. The Balaban J connectivity index is 1.96. The molecular formula is C26H44O5S. The van der Waals surface area contributed by atoms with Crippen molar-refractivity contribution in [3.63, 3.8) is 0 Å². The van der Waals surface area contributed by atoms with E-state index in [1.54, 1.807) is 6.92 Å². The summed E-state index contributed by atoms with van der Waals surface area (Å²) in [6.45, 7) is 7.63. The van der Waals surface area contributed by atoms with Crippen molar-refractivity contribution in [2.75, 3.05) is 20.3 Å². The van der Waals surface area contributed by atoms with Crippen LogP contribution < -0.4 is 0 Å². The summed E-state index contributed by atoms with van der Waals surface area (Å²) in [6, 6.07) is 0. The Morgan fingerprint density at radius 1 is 1.09 bits per heavy atom. The van der Waals surface area contributed by atoms with E-state index in [4.69, 9.17) is 14.2 Å². The topological polar surface area (TPSA) is 61.8 Å². The van der Waals surface area contributed by atoms with Gasteiger partial charge in [0.2, 0.25) is 0 Å². The summed E-state index contributed by atoms with van der Waals surface area (Å²) < 4.78 is 17.0. The quantitative estimate of drug-likeness (QED) is 0.169. The number of esters is 1. The second-order valence-electron chi connectivity index (χ2n) is 9.47. The number of allylic oxidation sites excluding steroid dienone is 2. The molecule has 4 atom stereocenters. The van der Waals surface area contributed by atoms with E-state index in [1.165, 1.54) is 31.7 Å². The predicted octanol–water partition coefficient (Wildman–Crippen LogP) is 6.30. The van der Waals surface area contributed by atoms with Crippen molar-refractivity contribution in [3.05, 3.63) is 12.2 Å². The number of carbonyl (C=O) groups excluding carboxylic acids is 2. The lowest BCUT2D eigenvalue weighted by molar-refractivity contribution is -0.170. The van der Waals surface area contributed by atoms with Crippen LogP contribution in [0.5, 0.6) is 0 Å². The molecule has 1 aliphatic heterocycles. The lowest BCUT2D eigenvalue weighted by Crippen LogP contribution is -2.32. The second-order valence-corrected chi connectivity index (χ2v) is 10.9. The van der Waals surface area contributed by atoms with E-state index in [9.17, 15) is 9.59 Å². The van der Waals surface area contributed by atoms with E-state index in [1.807, 2.05) is 0 Å². The van der Waals surface area contributed by atoms with Crippen LogP contribution in [0.25, 0.3) is 0 Å². The SMILES string of the molecule is CCCCCC1(CC[C@H]2C(SC(C)=O)CC(C)[C@@H]2C/C=C\CCCC(=O)OC)OCCO1. The zero-order chi connectivity index (χ0) is 23.4. The zero-order valence-corrected chi connectivity index (χ0v) is 21.4. The fraction of sp³-hybridized carbons (Fsp3) is 0.846. The molecule has 5 nitrogen and oxygen atoms in total. The summed E-state index contributed by atoms with van der Waals surface area (Å²) in [6.07, 6.45) is 15.3. The molecule has 184 valence electrons. The number of ether oxygens (including phenoxy) is 3. The first-order valence-corrected chi connectivity index (χ1v) is 13.5. The van der Waals surface area contributed by atoms with Crippen molar-refractivity contribution in [2.24, 2.45) is 17.8 Å². The standard InChI is InChI=1S/C26H44O5S/c1-5-6-11-15-26(30-17-18-31-26)16-14-23-22(20(2)19-24(23)32-21(3)27)12-9-7-8-10-13-25(28)29-4/h7,9,20,22-24H,5-6,8,10-19H2,1-4H3/b9-7-/t20?,22-,23+,24?/m0/s1. The van der Waals surface area contributed by atoms with E-state index >= 15 is 0 Å². The summed E-state index contributed by atoms with van der Waals surface area (Å²) in [5.74, 6) is 1.10. The third-order valence-corrected chi connectivity index (χ3v) is 8.24. The van der Waals surface area contributed by atoms with Gasteiger partial charge in [-0.2, -0.15) is 0 Å². The van der Waals surface area contributed by atoms with E-state index in [0.717, 1.165) is 51.4 Å². The Kier molecular flexibility index (Phi) is 12.3. The van der Waals surface area contributed by atoms with E-state index in [0.29, 0.717) is 42.6 Å². The van der Waals surface area contributed by atoms with E-state index < -0.39 is 5.79 Å². The summed E-state index contributed by atoms with van der Waals surface area (Å²) in [7, 11) is 1.44. The van der Waals surface area contributed by atoms with Gasteiger partial charge in [0.25, 0.3) is 0 Å². The van der Waals surface area contributed by atoms with E-state index in [-0.39, 0.29) is 11.1 Å². The van der Waals surface area contributed by atoms with Crippen molar-refractivity contribution >= 4 is 22.8 Å². The van der Waals surface area contributed by atoms with Crippen LogP contribution in [0.2, 0.25) is 0 Å². The smallest absolute Gasteiger partial charge is 0.305 e. The highest BCUT2D eigenvalue weighted by molar-refractivity contribution is 8.14. The highest BCUT2D eigenvalue weighted by atomic mass is 32.2. The fourth-order valence-corrected chi connectivity index (χ4v) is 6.69. The third-order valence-electron chi connectivity index (χ3n) is 7.07. The fourth-order valence-electron chi connectivity index (χ4n) is 5.35. The maximum Gasteiger partial charge on any atom is 0.305 e. The van der Waals surface area contributed by atoms with Crippen LogP contribution in [0, 0.1) is 17.8 Å². The lowest BCUT2D eigenvalue weighted by Gasteiger charge is -2.32. The average molecular weight is 469 g/mol. The normalized spacial score (nSPS) is 27.2. The predicted molar refractivity (Wildman–Crippen MR) is 130 cm³/mol. The summed E-state index contributed by atoms with van der Waals surface area (Å²) >= 11 is 1.54. The molecular weight excluding hydrogens is 424 g/mol. The van der Waals surface area contributed by atoms with Crippen molar-refractivity contribution in [1.29, 1.82) is 0 Å². The Morgan fingerprint density at radius 2 is 1.84 bits per heavy atom. The van der Waals surface area contributed by atoms with Crippen LogP contribution in [0.15, 0.2) is 12.2 Å². The molecule has 6 heteroatoms. The van der Waals surface area contributed by atoms with Gasteiger partial charge in [0.1, 0.15) is 0 Å². The second kappa shape index (κ2) is 14.4. The van der Waals surface area contributed by atoms with Gasteiger partial charge in [-0.05, 0) is 56.3 Å². The number of hydrogen-bond acceptors (Lipinski definition) is 6. The van der Waals surface area contributed by atoms with Crippen LogP contribution in [-0.4, -0.2) is 42.4 Å². The average Bonchev–Trinajstić information content (AvgIpc) is 3.33. The molecule has 2 unspecified atom stereocenters. The van der Waals surface area contributed by atoms with Gasteiger partial charge in [0.15, 0.2) is 10.9 Å². The van der Waals surface area contributed by atoms with Crippen molar-refractivity contribution < 1.29 is 23.8 Å². The minimum Gasteiger partial charge on any atom is -0.469 e. The van der Waals surface area contributed by atoms with Gasteiger partial charge in [-0.1, -0.05) is 50.6 Å². The molecule has 1 heterocycles.